The standard InChI is InChI=1S/C17H12BrClO4/c1-21-12-3-4-13-10(9-22-16(13)8-12)6-17(20)23-15-5-2-11(19)7-14(15)18/h2-5,7-9H,6H2,1H3. The Labute approximate surface area is 146 Å². The van der Waals surface area contributed by atoms with E-state index in [1.54, 1.807) is 37.6 Å². The van der Waals surface area contributed by atoms with Gasteiger partial charge in [-0.3, -0.25) is 4.79 Å². The summed E-state index contributed by atoms with van der Waals surface area (Å²) < 4.78 is 16.6. The number of esters is 1. The minimum absolute atomic E-state index is 0.106. The Balaban J connectivity index is 1.77. The SMILES string of the molecule is COc1ccc2c(CC(=O)Oc3ccc(Cl)cc3Br)coc2c1. The smallest absolute Gasteiger partial charge is 0.315 e. The van der Waals surface area contributed by atoms with Crippen molar-refractivity contribution in [2.45, 2.75) is 6.42 Å². The van der Waals surface area contributed by atoms with E-state index in [1.165, 1.54) is 0 Å². The van der Waals surface area contributed by atoms with Crippen molar-refractivity contribution in [3.8, 4) is 11.5 Å². The molecule has 0 saturated heterocycles. The molecule has 0 aliphatic carbocycles. The number of hydrogen-bond donors (Lipinski definition) is 0. The van der Waals surface area contributed by atoms with E-state index in [0.717, 1.165) is 10.9 Å². The van der Waals surface area contributed by atoms with Crippen LogP contribution in [0.25, 0.3) is 11.0 Å². The number of benzene rings is 2. The molecule has 0 spiro atoms. The van der Waals surface area contributed by atoms with Gasteiger partial charge in [-0.05, 0) is 46.3 Å². The van der Waals surface area contributed by atoms with E-state index in [0.29, 0.717) is 26.6 Å². The summed E-state index contributed by atoms with van der Waals surface area (Å²) in [5, 5.41) is 1.42. The van der Waals surface area contributed by atoms with Gasteiger partial charge >= 0.3 is 5.97 Å². The summed E-state index contributed by atoms with van der Waals surface area (Å²) in [6.07, 6.45) is 1.66. The van der Waals surface area contributed by atoms with E-state index in [2.05, 4.69) is 15.9 Å². The number of halogens is 2. The van der Waals surface area contributed by atoms with Gasteiger partial charge in [0.1, 0.15) is 17.1 Å². The van der Waals surface area contributed by atoms with Crippen molar-refractivity contribution in [3.63, 3.8) is 0 Å². The number of hydrogen-bond acceptors (Lipinski definition) is 4. The fraction of sp³-hybridized carbons (Fsp3) is 0.118. The molecule has 118 valence electrons. The van der Waals surface area contributed by atoms with Gasteiger partial charge in [0.15, 0.2) is 0 Å². The molecular weight excluding hydrogens is 384 g/mol. The first-order valence-corrected chi connectivity index (χ1v) is 7.94. The van der Waals surface area contributed by atoms with E-state index >= 15 is 0 Å². The average molecular weight is 396 g/mol. The molecule has 0 amide bonds. The third-order valence-electron chi connectivity index (χ3n) is 3.32. The highest BCUT2D eigenvalue weighted by Gasteiger charge is 2.14. The van der Waals surface area contributed by atoms with Crippen molar-refractivity contribution in [3.05, 3.63) is 57.7 Å². The van der Waals surface area contributed by atoms with Crippen LogP contribution in [-0.4, -0.2) is 13.1 Å². The molecule has 4 nitrogen and oxygen atoms in total. The Morgan fingerprint density at radius 3 is 2.83 bits per heavy atom. The van der Waals surface area contributed by atoms with Crippen LogP contribution in [-0.2, 0) is 11.2 Å². The van der Waals surface area contributed by atoms with Gasteiger partial charge in [-0.1, -0.05) is 11.6 Å². The molecule has 23 heavy (non-hydrogen) atoms. The Bertz CT molecular complexity index is 872. The van der Waals surface area contributed by atoms with Gasteiger partial charge in [-0.25, -0.2) is 0 Å². The van der Waals surface area contributed by atoms with Crippen molar-refractivity contribution < 1.29 is 18.7 Å². The van der Waals surface area contributed by atoms with Gasteiger partial charge in [0, 0.05) is 22.0 Å². The minimum atomic E-state index is -0.383. The monoisotopic (exact) mass is 394 g/mol. The van der Waals surface area contributed by atoms with Gasteiger partial charge < -0.3 is 13.9 Å². The normalized spacial score (nSPS) is 10.7. The van der Waals surface area contributed by atoms with Crippen LogP contribution >= 0.6 is 27.5 Å². The number of fused-ring (bicyclic) bond motifs is 1. The van der Waals surface area contributed by atoms with E-state index in [1.807, 2.05) is 12.1 Å². The quantitative estimate of drug-likeness (QED) is 0.460. The summed E-state index contributed by atoms with van der Waals surface area (Å²) in [6, 6.07) is 10.4. The van der Waals surface area contributed by atoms with E-state index in [-0.39, 0.29) is 12.4 Å². The molecule has 0 radical (unpaired) electrons. The Morgan fingerprint density at radius 2 is 2.09 bits per heavy atom. The summed E-state index contributed by atoms with van der Waals surface area (Å²) in [4.78, 5) is 12.1. The third-order valence-corrected chi connectivity index (χ3v) is 4.17. The summed E-state index contributed by atoms with van der Waals surface area (Å²) in [7, 11) is 1.59. The van der Waals surface area contributed by atoms with Crippen molar-refractivity contribution in [2.75, 3.05) is 7.11 Å². The number of ether oxygens (including phenoxy) is 2. The second-order valence-corrected chi connectivity index (χ2v) is 6.14. The predicted octanol–water partition coefficient (Wildman–Crippen LogP) is 5.01. The summed E-state index contributed by atoms with van der Waals surface area (Å²) in [5.74, 6) is 0.742. The number of methoxy groups -OCH3 is 1. The van der Waals surface area contributed by atoms with E-state index < -0.39 is 0 Å². The molecule has 0 fully saturated rings. The first-order valence-electron chi connectivity index (χ1n) is 6.76. The van der Waals surface area contributed by atoms with Crippen molar-refractivity contribution in [2.24, 2.45) is 0 Å². The number of carbonyl (C=O) groups is 1. The molecule has 0 aliphatic heterocycles. The Kier molecular flexibility index (Phi) is 4.59. The highest BCUT2D eigenvalue weighted by Crippen LogP contribution is 2.29. The first-order chi connectivity index (χ1) is 11.1. The molecule has 0 aliphatic rings. The van der Waals surface area contributed by atoms with E-state index in [9.17, 15) is 4.79 Å². The zero-order valence-electron chi connectivity index (χ0n) is 12.1. The molecule has 0 atom stereocenters. The maximum Gasteiger partial charge on any atom is 0.315 e. The van der Waals surface area contributed by atoms with Crippen molar-refractivity contribution in [1.82, 2.24) is 0 Å². The van der Waals surface area contributed by atoms with Crippen LogP contribution in [0, 0.1) is 0 Å². The predicted molar refractivity (Wildman–Crippen MR) is 91.3 cm³/mol. The summed E-state index contributed by atoms with van der Waals surface area (Å²) in [5.41, 5.74) is 1.43. The van der Waals surface area contributed by atoms with Crippen LogP contribution in [0.1, 0.15) is 5.56 Å². The van der Waals surface area contributed by atoms with Crippen LogP contribution in [0.15, 0.2) is 51.6 Å². The van der Waals surface area contributed by atoms with E-state index in [4.69, 9.17) is 25.5 Å². The number of carbonyl (C=O) groups excluding carboxylic acids is 1. The molecule has 3 aromatic rings. The van der Waals surface area contributed by atoms with Crippen molar-refractivity contribution >= 4 is 44.5 Å². The topological polar surface area (TPSA) is 48.7 Å². The minimum Gasteiger partial charge on any atom is -0.497 e. The molecule has 1 aromatic heterocycles. The molecule has 0 saturated carbocycles. The molecule has 0 unspecified atom stereocenters. The largest absolute Gasteiger partial charge is 0.497 e. The fourth-order valence-corrected chi connectivity index (χ4v) is 2.96. The molecule has 3 rings (SSSR count). The lowest BCUT2D eigenvalue weighted by molar-refractivity contribution is -0.133. The fourth-order valence-electron chi connectivity index (χ4n) is 2.20. The Morgan fingerprint density at radius 1 is 1.26 bits per heavy atom. The zero-order valence-corrected chi connectivity index (χ0v) is 14.5. The Hall–Kier alpha value is -1.98. The molecule has 1 heterocycles. The second kappa shape index (κ2) is 6.64. The van der Waals surface area contributed by atoms with Crippen LogP contribution < -0.4 is 9.47 Å². The maximum absolute atomic E-state index is 12.1. The molecule has 0 bridgehead atoms. The van der Waals surface area contributed by atoms with Gasteiger partial charge in [0.2, 0.25) is 0 Å². The number of furan rings is 1. The molecule has 2 aromatic carbocycles. The lowest BCUT2D eigenvalue weighted by Gasteiger charge is -2.06. The van der Waals surface area contributed by atoms with Gasteiger partial charge in [0.25, 0.3) is 0 Å². The van der Waals surface area contributed by atoms with Gasteiger partial charge in [-0.2, -0.15) is 0 Å². The molecule has 6 heteroatoms. The lowest BCUT2D eigenvalue weighted by atomic mass is 10.1. The van der Waals surface area contributed by atoms with Crippen LogP contribution in [0.4, 0.5) is 0 Å². The average Bonchev–Trinajstić information content (AvgIpc) is 2.92. The lowest BCUT2D eigenvalue weighted by Crippen LogP contribution is -2.11. The van der Waals surface area contributed by atoms with Crippen LogP contribution in [0.5, 0.6) is 11.5 Å². The van der Waals surface area contributed by atoms with Crippen molar-refractivity contribution in [1.29, 1.82) is 0 Å². The van der Waals surface area contributed by atoms with Gasteiger partial charge in [0.05, 0.1) is 24.3 Å². The molecular formula is C17H12BrClO4. The highest BCUT2D eigenvalue weighted by molar-refractivity contribution is 9.10. The second-order valence-electron chi connectivity index (χ2n) is 4.85. The summed E-state index contributed by atoms with van der Waals surface area (Å²) in [6.45, 7) is 0. The van der Waals surface area contributed by atoms with Crippen LogP contribution in [0.2, 0.25) is 5.02 Å². The van der Waals surface area contributed by atoms with Crippen LogP contribution in [0.3, 0.4) is 0 Å². The zero-order chi connectivity index (χ0) is 16.4. The molecule has 0 N–H and O–H groups in total. The number of rotatable bonds is 4. The first kappa shape index (κ1) is 15.9. The van der Waals surface area contributed by atoms with Gasteiger partial charge in [-0.15, -0.1) is 0 Å². The maximum atomic E-state index is 12.1. The third kappa shape index (κ3) is 3.51. The highest BCUT2D eigenvalue weighted by atomic mass is 79.9. The summed E-state index contributed by atoms with van der Waals surface area (Å²) >= 11 is 9.18.